The second-order valence-electron chi connectivity index (χ2n) is 5.25. The summed E-state index contributed by atoms with van der Waals surface area (Å²) in [4.78, 5) is 11.9. The highest BCUT2D eigenvalue weighted by atomic mass is 19.1. The van der Waals surface area contributed by atoms with Gasteiger partial charge in [-0.1, -0.05) is 19.8 Å². The van der Waals surface area contributed by atoms with Gasteiger partial charge in [0.15, 0.2) is 0 Å². The van der Waals surface area contributed by atoms with Gasteiger partial charge in [-0.2, -0.15) is 0 Å². The highest BCUT2D eigenvalue weighted by molar-refractivity contribution is 5.94. The molecule has 3 heteroatoms. The monoisotopic (exact) mass is 249 g/mol. The van der Waals surface area contributed by atoms with E-state index in [0.717, 1.165) is 13.0 Å². The molecule has 1 aliphatic carbocycles. The molecule has 18 heavy (non-hydrogen) atoms. The first-order valence-electron chi connectivity index (χ1n) is 6.69. The highest BCUT2D eigenvalue weighted by Gasteiger charge is 2.32. The van der Waals surface area contributed by atoms with E-state index in [9.17, 15) is 9.18 Å². The molecule has 1 aliphatic rings. The average Bonchev–Trinajstić information content (AvgIpc) is 2.86. The molecule has 1 fully saturated rings. The fraction of sp³-hybridized carbons (Fsp3) is 0.533. The standard InChI is InChI=1S/C15H20FNO/c1-2-15(9-3-4-10-15)11-17-14(18)12-5-7-13(16)8-6-12/h5-8H,2-4,9-11H2,1H3,(H,17,18). The number of carbonyl (C=O) groups excluding carboxylic acids is 1. The van der Waals surface area contributed by atoms with E-state index < -0.39 is 0 Å². The summed E-state index contributed by atoms with van der Waals surface area (Å²) in [5.74, 6) is -0.415. The maximum absolute atomic E-state index is 12.8. The Bertz CT molecular complexity index is 407. The van der Waals surface area contributed by atoms with Crippen molar-refractivity contribution in [3.8, 4) is 0 Å². The quantitative estimate of drug-likeness (QED) is 0.869. The first kappa shape index (κ1) is 13.1. The number of carbonyl (C=O) groups is 1. The first-order valence-corrected chi connectivity index (χ1v) is 6.69. The Labute approximate surface area is 108 Å². The topological polar surface area (TPSA) is 29.1 Å². The van der Waals surface area contributed by atoms with Gasteiger partial charge in [-0.05, 0) is 48.9 Å². The van der Waals surface area contributed by atoms with E-state index in [2.05, 4.69) is 12.2 Å². The van der Waals surface area contributed by atoms with Crippen molar-refractivity contribution in [1.82, 2.24) is 5.32 Å². The smallest absolute Gasteiger partial charge is 0.251 e. The minimum absolute atomic E-state index is 0.102. The molecule has 1 saturated carbocycles. The van der Waals surface area contributed by atoms with Gasteiger partial charge in [0.2, 0.25) is 0 Å². The van der Waals surface area contributed by atoms with Crippen LogP contribution in [-0.4, -0.2) is 12.5 Å². The summed E-state index contributed by atoms with van der Waals surface area (Å²) in [7, 11) is 0. The second-order valence-corrected chi connectivity index (χ2v) is 5.25. The van der Waals surface area contributed by atoms with Gasteiger partial charge in [-0.3, -0.25) is 4.79 Å². The minimum Gasteiger partial charge on any atom is -0.351 e. The molecular weight excluding hydrogens is 229 g/mol. The summed E-state index contributed by atoms with van der Waals surface area (Å²) in [6, 6.07) is 5.69. The summed E-state index contributed by atoms with van der Waals surface area (Å²) < 4.78 is 12.8. The Balaban J connectivity index is 1.93. The van der Waals surface area contributed by atoms with Crippen molar-refractivity contribution < 1.29 is 9.18 Å². The van der Waals surface area contributed by atoms with E-state index in [1.54, 1.807) is 0 Å². The Kier molecular flexibility index (Phi) is 4.00. The Hall–Kier alpha value is -1.38. The zero-order valence-corrected chi connectivity index (χ0v) is 10.8. The molecule has 0 saturated heterocycles. The van der Waals surface area contributed by atoms with Gasteiger partial charge in [0.25, 0.3) is 5.91 Å². The van der Waals surface area contributed by atoms with Crippen LogP contribution in [0.15, 0.2) is 24.3 Å². The number of hydrogen-bond acceptors (Lipinski definition) is 1. The van der Waals surface area contributed by atoms with E-state index in [4.69, 9.17) is 0 Å². The van der Waals surface area contributed by atoms with E-state index in [1.165, 1.54) is 49.9 Å². The van der Waals surface area contributed by atoms with Gasteiger partial charge in [0.1, 0.15) is 5.82 Å². The number of halogens is 1. The predicted octanol–water partition coefficient (Wildman–Crippen LogP) is 3.53. The van der Waals surface area contributed by atoms with Crippen molar-refractivity contribution in [3.63, 3.8) is 0 Å². The third-order valence-corrected chi connectivity index (χ3v) is 4.14. The zero-order valence-electron chi connectivity index (χ0n) is 10.8. The molecule has 1 aromatic carbocycles. The third-order valence-electron chi connectivity index (χ3n) is 4.14. The van der Waals surface area contributed by atoms with Crippen molar-refractivity contribution >= 4 is 5.91 Å². The second kappa shape index (κ2) is 5.51. The molecule has 1 N–H and O–H groups in total. The summed E-state index contributed by atoms with van der Waals surface area (Å²) >= 11 is 0. The van der Waals surface area contributed by atoms with Crippen LogP contribution in [0.5, 0.6) is 0 Å². The molecule has 2 rings (SSSR count). The van der Waals surface area contributed by atoms with Gasteiger partial charge in [-0.25, -0.2) is 4.39 Å². The largest absolute Gasteiger partial charge is 0.351 e. The lowest BCUT2D eigenvalue weighted by Crippen LogP contribution is -2.35. The Morgan fingerprint density at radius 3 is 2.44 bits per heavy atom. The maximum atomic E-state index is 12.8. The average molecular weight is 249 g/mol. The van der Waals surface area contributed by atoms with Crippen LogP contribution in [0.2, 0.25) is 0 Å². The van der Waals surface area contributed by atoms with E-state index in [0.29, 0.717) is 5.56 Å². The van der Waals surface area contributed by atoms with Crippen LogP contribution in [0.25, 0.3) is 0 Å². The molecule has 0 bridgehead atoms. The predicted molar refractivity (Wildman–Crippen MR) is 69.9 cm³/mol. The molecule has 0 spiro atoms. The van der Waals surface area contributed by atoms with Gasteiger partial charge in [-0.15, -0.1) is 0 Å². The molecule has 0 aromatic heterocycles. The lowest BCUT2D eigenvalue weighted by Gasteiger charge is -2.27. The van der Waals surface area contributed by atoms with E-state index in [1.807, 2.05) is 0 Å². The fourth-order valence-corrected chi connectivity index (χ4v) is 2.75. The van der Waals surface area contributed by atoms with Gasteiger partial charge >= 0.3 is 0 Å². The SMILES string of the molecule is CCC1(CNC(=O)c2ccc(F)cc2)CCCC1. The van der Waals surface area contributed by atoms with Crippen molar-refractivity contribution in [1.29, 1.82) is 0 Å². The maximum Gasteiger partial charge on any atom is 0.251 e. The molecule has 0 aliphatic heterocycles. The van der Waals surface area contributed by atoms with Crippen LogP contribution in [0, 0.1) is 11.2 Å². The summed E-state index contributed by atoms with van der Waals surface area (Å²) in [5.41, 5.74) is 0.816. The first-order chi connectivity index (χ1) is 8.65. The highest BCUT2D eigenvalue weighted by Crippen LogP contribution is 2.40. The molecule has 2 nitrogen and oxygen atoms in total. The Morgan fingerprint density at radius 1 is 1.28 bits per heavy atom. The normalized spacial score (nSPS) is 17.7. The van der Waals surface area contributed by atoms with Crippen LogP contribution in [-0.2, 0) is 0 Å². The van der Waals surface area contributed by atoms with Crippen molar-refractivity contribution in [2.45, 2.75) is 39.0 Å². The number of hydrogen-bond donors (Lipinski definition) is 1. The van der Waals surface area contributed by atoms with Crippen molar-refractivity contribution in [2.75, 3.05) is 6.54 Å². The fourth-order valence-electron chi connectivity index (χ4n) is 2.75. The van der Waals surface area contributed by atoms with Crippen LogP contribution in [0.1, 0.15) is 49.4 Å². The lowest BCUT2D eigenvalue weighted by molar-refractivity contribution is 0.0928. The molecule has 98 valence electrons. The zero-order chi connectivity index (χ0) is 13.0. The summed E-state index contributed by atoms with van der Waals surface area (Å²) in [6.07, 6.45) is 6.04. The number of benzene rings is 1. The van der Waals surface area contributed by atoms with Crippen molar-refractivity contribution in [2.24, 2.45) is 5.41 Å². The van der Waals surface area contributed by atoms with Crippen molar-refractivity contribution in [3.05, 3.63) is 35.6 Å². The van der Waals surface area contributed by atoms with Gasteiger partial charge in [0.05, 0.1) is 0 Å². The molecule has 0 unspecified atom stereocenters. The van der Waals surface area contributed by atoms with Crippen LogP contribution in [0.4, 0.5) is 4.39 Å². The molecular formula is C15H20FNO. The van der Waals surface area contributed by atoms with Crippen LogP contribution >= 0.6 is 0 Å². The van der Waals surface area contributed by atoms with E-state index in [-0.39, 0.29) is 17.1 Å². The van der Waals surface area contributed by atoms with Crippen LogP contribution in [0.3, 0.4) is 0 Å². The van der Waals surface area contributed by atoms with Gasteiger partial charge in [0, 0.05) is 12.1 Å². The Morgan fingerprint density at radius 2 is 1.89 bits per heavy atom. The van der Waals surface area contributed by atoms with E-state index >= 15 is 0 Å². The number of amides is 1. The lowest BCUT2D eigenvalue weighted by atomic mass is 9.83. The molecule has 0 atom stereocenters. The third kappa shape index (κ3) is 2.89. The summed E-state index contributed by atoms with van der Waals surface area (Å²) in [5, 5.41) is 2.99. The molecule has 1 amide bonds. The number of rotatable bonds is 4. The number of nitrogens with one attached hydrogen (secondary N) is 1. The summed E-state index contributed by atoms with van der Waals surface area (Å²) in [6.45, 7) is 2.93. The minimum atomic E-state index is -0.313. The van der Waals surface area contributed by atoms with Gasteiger partial charge < -0.3 is 5.32 Å². The molecule has 1 aromatic rings. The molecule has 0 radical (unpaired) electrons. The molecule has 0 heterocycles. The van der Waals surface area contributed by atoms with Crippen LogP contribution < -0.4 is 5.32 Å².